The van der Waals surface area contributed by atoms with Gasteiger partial charge in [-0.15, -0.1) is 11.3 Å². The maximum Gasteiger partial charge on any atom is 0.250 e. The number of rotatable bonds is 6. The molecule has 0 fully saturated rings. The molecule has 0 saturated heterocycles. The summed E-state index contributed by atoms with van der Waals surface area (Å²) in [5.41, 5.74) is 10.5. The minimum atomic E-state index is -0.460. The Bertz CT molecular complexity index is 1200. The second-order valence-electron chi connectivity index (χ2n) is 6.73. The summed E-state index contributed by atoms with van der Waals surface area (Å²) >= 11 is 7.52. The van der Waals surface area contributed by atoms with Gasteiger partial charge in [0.25, 0.3) is 5.91 Å². The van der Waals surface area contributed by atoms with Crippen LogP contribution in [0.4, 0.5) is 0 Å². The van der Waals surface area contributed by atoms with E-state index in [1.165, 1.54) is 11.3 Å². The lowest BCUT2D eigenvalue weighted by atomic mass is 10.2. The Kier molecular flexibility index (Phi) is 5.57. The van der Waals surface area contributed by atoms with Crippen molar-refractivity contribution in [3.05, 3.63) is 75.9 Å². The topological polar surface area (TPSA) is 83.0 Å². The monoisotopic (exact) mass is 438 g/mol. The molecule has 4 aromatic rings. The molecule has 0 radical (unpaired) electrons. The van der Waals surface area contributed by atoms with E-state index < -0.39 is 5.91 Å². The third kappa shape index (κ3) is 3.94. The number of carbonyl (C=O) groups is 1. The van der Waals surface area contributed by atoms with Crippen LogP contribution in [-0.4, -0.2) is 27.6 Å². The molecule has 0 aliphatic carbocycles. The summed E-state index contributed by atoms with van der Waals surface area (Å²) in [7, 11) is 1.58. The first-order valence-corrected chi connectivity index (χ1v) is 10.4. The average Bonchev–Trinajstić information content (AvgIpc) is 3.35. The van der Waals surface area contributed by atoms with Crippen molar-refractivity contribution in [2.75, 3.05) is 7.11 Å². The Morgan fingerprint density at radius 1 is 1.23 bits per heavy atom. The zero-order valence-corrected chi connectivity index (χ0v) is 18.0. The fourth-order valence-corrected chi connectivity index (χ4v) is 4.17. The largest absolute Gasteiger partial charge is 0.481 e. The van der Waals surface area contributed by atoms with Crippen LogP contribution in [0.5, 0.6) is 5.88 Å². The standard InChI is InChI=1S/C22H19ClN4O2S/c1-13-17(21(24)28)9-19(27(13)11-14-3-6-16(23)7-4-14)18-12-30-22(26-18)15-5-8-20(29-2)25-10-15/h3-10,12H,11H2,1-2H3,(H2,24,28). The normalized spacial score (nSPS) is 10.9. The molecule has 8 heteroatoms. The van der Waals surface area contributed by atoms with E-state index in [9.17, 15) is 4.79 Å². The maximum atomic E-state index is 12.0. The van der Waals surface area contributed by atoms with Crippen molar-refractivity contribution in [2.45, 2.75) is 13.5 Å². The van der Waals surface area contributed by atoms with Gasteiger partial charge < -0.3 is 15.0 Å². The lowest BCUT2D eigenvalue weighted by Gasteiger charge is -2.11. The SMILES string of the molecule is COc1ccc(-c2nc(-c3cc(C(N)=O)c(C)n3Cc3ccc(Cl)cc3)cs2)cn1. The van der Waals surface area contributed by atoms with Crippen LogP contribution in [-0.2, 0) is 6.54 Å². The van der Waals surface area contributed by atoms with Crippen LogP contribution in [0.3, 0.4) is 0 Å². The molecule has 3 aromatic heterocycles. The fraction of sp³-hybridized carbons (Fsp3) is 0.136. The van der Waals surface area contributed by atoms with Gasteiger partial charge in [-0.2, -0.15) is 0 Å². The molecule has 0 bridgehead atoms. The molecule has 2 N–H and O–H groups in total. The first-order valence-electron chi connectivity index (χ1n) is 9.17. The van der Waals surface area contributed by atoms with E-state index in [-0.39, 0.29) is 0 Å². The number of halogens is 1. The number of hydrogen-bond donors (Lipinski definition) is 1. The van der Waals surface area contributed by atoms with E-state index in [4.69, 9.17) is 27.1 Å². The number of pyridine rings is 1. The molecule has 0 aliphatic heterocycles. The highest BCUT2D eigenvalue weighted by Crippen LogP contribution is 2.32. The van der Waals surface area contributed by atoms with Crippen LogP contribution in [0, 0.1) is 6.92 Å². The first kappa shape index (κ1) is 20.1. The summed E-state index contributed by atoms with van der Waals surface area (Å²) in [6.07, 6.45) is 1.73. The quantitative estimate of drug-likeness (QED) is 0.469. The van der Waals surface area contributed by atoms with Gasteiger partial charge in [0.1, 0.15) is 5.01 Å². The number of aromatic nitrogens is 3. The number of hydrogen-bond acceptors (Lipinski definition) is 5. The van der Waals surface area contributed by atoms with Gasteiger partial charge in [0.05, 0.1) is 24.1 Å². The zero-order chi connectivity index (χ0) is 21.3. The molecule has 6 nitrogen and oxygen atoms in total. The van der Waals surface area contributed by atoms with Crippen molar-refractivity contribution >= 4 is 28.8 Å². The Morgan fingerprint density at radius 2 is 2.00 bits per heavy atom. The van der Waals surface area contributed by atoms with E-state index >= 15 is 0 Å². The number of thiazole rings is 1. The number of ether oxygens (including phenoxy) is 1. The van der Waals surface area contributed by atoms with Crippen molar-refractivity contribution in [3.8, 4) is 27.8 Å². The summed E-state index contributed by atoms with van der Waals surface area (Å²) in [4.78, 5) is 21.0. The highest BCUT2D eigenvalue weighted by Gasteiger charge is 2.19. The fourth-order valence-electron chi connectivity index (χ4n) is 3.23. The van der Waals surface area contributed by atoms with Crippen LogP contribution in [0.15, 0.2) is 54.0 Å². The predicted molar refractivity (Wildman–Crippen MR) is 119 cm³/mol. The average molecular weight is 439 g/mol. The molecule has 0 saturated carbocycles. The van der Waals surface area contributed by atoms with Crippen LogP contribution in [0.2, 0.25) is 5.02 Å². The van der Waals surface area contributed by atoms with Gasteiger partial charge in [0, 0.05) is 40.5 Å². The van der Waals surface area contributed by atoms with Gasteiger partial charge >= 0.3 is 0 Å². The molecule has 0 aliphatic rings. The Labute approximate surface area is 182 Å². The molecule has 3 heterocycles. The lowest BCUT2D eigenvalue weighted by Crippen LogP contribution is -2.12. The van der Waals surface area contributed by atoms with Crippen LogP contribution >= 0.6 is 22.9 Å². The van der Waals surface area contributed by atoms with E-state index in [0.717, 1.165) is 33.2 Å². The van der Waals surface area contributed by atoms with Gasteiger partial charge in [-0.05, 0) is 36.8 Å². The third-order valence-corrected chi connectivity index (χ3v) is 5.99. The van der Waals surface area contributed by atoms with E-state index in [1.54, 1.807) is 25.4 Å². The van der Waals surface area contributed by atoms with Gasteiger partial charge in [0.15, 0.2) is 0 Å². The summed E-state index contributed by atoms with van der Waals surface area (Å²) in [6, 6.07) is 13.1. The molecule has 0 unspecified atom stereocenters. The Balaban J connectivity index is 1.74. The van der Waals surface area contributed by atoms with Gasteiger partial charge in [-0.3, -0.25) is 4.79 Å². The molecule has 4 rings (SSSR count). The Hall–Kier alpha value is -3.16. The minimum Gasteiger partial charge on any atom is -0.481 e. The summed E-state index contributed by atoms with van der Waals surface area (Å²) in [5.74, 6) is 0.0903. The van der Waals surface area contributed by atoms with Crippen LogP contribution < -0.4 is 10.5 Å². The van der Waals surface area contributed by atoms with Gasteiger partial charge in [0.2, 0.25) is 5.88 Å². The van der Waals surface area contributed by atoms with Crippen molar-refractivity contribution in [3.63, 3.8) is 0 Å². The van der Waals surface area contributed by atoms with Gasteiger partial charge in [-0.25, -0.2) is 9.97 Å². The molecular formula is C22H19ClN4O2S. The van der Waals surface area contributed by atoms with E-state index in [2.05, 4.69) is 9.55 Å². The number of carbonyl (C=O) groups excluding carboxylic acids is 1. The van der Waals surface area contributed by atoms with E-state index in [1.807, 2.05) is 42.6 Å². The molecule has 1 aromatic carbocycles. The molecule has 152 valence electrons. The number of benzene rings is 1. The summed E-state index contributed by atoms with van der Waals surface area (Å²) in [6.45, 7) is 2.46. The molecular weight excluding hydrogens is 420 g/mol. The van der Waals surface area contributed by atoms with Crippen molar-refractivity contribution in [2.24, 2.45) is 5.73 Å². The van der Waals surface area contributed by atoms with E-state index in [0.29, 0.717) is 23.0 Å². The molecule has 1 amide bonds. The smallest absolute Gasteiger partial charge is 0.250 e. The van der Waals surface area contributed by atoms with Crippen molar-refractivity contribution in [1.82, 2.24) is 14.5 Å². The third-order valence-electron chi connectivity index (χ3n) is 4.84. The summed E-state index contributed by atoms with van der Waals surface area (Å²) < 4.78 is 7.16. The second kappa shape index (κ2) is 8.30. The minimum absolute atomic E-state index is 0.460. The number of nitrogens with zero attached hydrogens (tertiary/aromatic N) is 3. The van der Waals surface area contributed by atoms with Crippen molar-refractivity contribution < 1.29 is 9.53 Å². The second-order valence-corrected chi connectivity index (χ2v) is 8.03. The highest BCUT2D eigenvalue weighted by molar-refractivity contribution is 7.13. The lowest BCUT2D eigenvalue weighted by molar-refractivity contribution is 0.0999. The Morgan fingerprint density at radius 3 is 2.63 bits per heavy atom. The first-order chi connectivity index (χ1) is 14.5. The maximum absolute atomic E-state index is 12.0. The number of nitrogens with two attached hydrogens (primary N) is 1. The zero-order valence-electron chi connectivity index (χ0n) is 16.4. The molecule has 0 atom stereocenters. The van der Waals surface area contributed by atoms with Gasteiger partial charge in [-0.1, -0.05) is 23.7 Å². The molecule has 0 spiro atoms. The van der Waals surface area contributed by atoms with Crippen LogP contribution in [0.1, 0.15) is 21.6 Å². The number of methoxy groups -OCH3 is 1. The summed E-state index contributed by atoms with van der Waals surface area (Å²) in [5, 5.41) is 3.48. The number of amides is 1. The highest BCUT2D eigenvalue weighted by atomic mass is 35.5. The number of primary amides is 1. The van der Waals surface area contributed by atoms with Crippen LogP contribution in [0.25, 0.3) is 22.0 Å². The predicted octanol–water partition coefficient (Wildman–Crippen LogP) is 4.79. The van der Waals surface area contributed by atoms with Crippen molar-refractivity contribution in [1.29, 1.82) is 0 Å². The molecule has 30 heavy (non-hydrogen) atoms.